The molecule has 0 bridgehead atoms. The van der Waals surface area contributed by atoms with Crippen LogP contribution < -0.4 is 14.8 Å². The highest BCUT2D eigenvalue weighted by Crippen LogP contribution is 2.25. The highest BCUT2D eigenvalue weighted by molar-refractivity contribution is 6.02. The number of carbonyl (C=O) groups is 2. The van der Waals surface area contributed by atoms with E-state index in [0.717, 1.165) is 5.56 Å². The minimum absolute atomic E-state index is 0.0599. The number of hydrogen-bond acceptors (Lipinski definition) is 6. The number of halogens is 1. The van der Waals surface area contributed by atoms with Crippen molar-refractivity contribution in [2.24, 2.45) is 0 Å². The number of esters is 1. The van der Waals surface area contributed by atoms with Gasteiger partial charge in [-0.1, -0.05) is 6.07 Å². The molecule has 0 unspecified atom stereocenters. The molecule has 3 aromatic rings. The second kappa shape index (κ2) is 10.7. The van der Waals surface area contributed by atoms with Crippen molar-refractivity contribution in [1.29, 1.82) is 0 Å². The van der Waals surface area contributed by atoms with Gasteiger partial charge in [0.05, 0.1) is 13.3 Å². The van der Waals surface area contributed by atoms with Crippen LogP contribution in [0, 0.1) is 12.7 Å². The van der Waals surface area contributed by atoms with Crippen molar-refractivity contribution in [1.82, 2.24) is 4.98 Å². The molecule has 164 valence electrons. The van der Waals surface area contributed by atoms with Gasteiger partial charge in [-0.2, -0.15) is 0 Å². The first-order valence-corrected chi connectivity index (χ1v) is 9.61. The minimum Gasteiger partial charge on any atom is -0.482 e. The van der Waals surface area contributed by atoms with Gasteiger partial charge in [-0.05, 0) is 66.6 Å². The standard InChI is InChI=1S/C24H21FN2O5/c1-16-12-18(31-15-24(29)30-2)7-8-21(16)27-23(28)10-6-17-5-9-22(20(25)13-17)32-19-4-3-11-26-14-19/h3-14H,15H2,1-2H3,(H,27,28)/b10-6+. The van der Waals surface area contributed by atoms with Gasteiger partial charge in [0, 0.05) is 18.0 Å². The molecule has 0 aliphatic heterocycles. The molecule has 32 heavy (non-hydrogen) atoms. The van der Waals surface area contributed by atoms with Gasteiger partial charge in [-0.25, -0.2) is 9.18 Å². The van der Waals surface area contributed by atoms with E-state index in [4.69, 9.17) is 9.47 Å². The third-order valence-electron chi connectivity index (χ3n) is 4.29. The first-order chi connectivity index (χ1) is 15.4. The van der Waals surface area contributed by atoms with Crippen LogP contribution in [0.15, 0.2) is 67.0 Å². The monoisotopic (exact) mass is 436 g/mol. The van der Waals surface area contributed by atoms with E-state index in [0.29, 0.717) is 22.7 Å². The maximum atomic E-state index is 14.3. The molecule has 3 rings (SSSR count). The molecule has 0 fully saturated rings. The SMILES string of the molecule is COC(=O)COc1ccc(NC(=O)/C=C/c2ccc(Oc3cccnc3)c(F)c2)c(C)c1. The summed E-state index contributed by atoms with van der Waals surface area (Å²) in [5.41, 5.74) is 1.83. The summed E-state index contributed by atoms with van der Waals surface area (Å²) < 4.78 is 29.6. The first-order valence-electron chi connectivity index (χ1n) is 9.61. The van der Waals surface area contributed by atoms with Gasteiger partial charge in [-0.3, -0.25) is 9.78 Å². The molecule has 0 aliphatic carbocycles. The minimum atomic E-state index is -0.560. The summed E-state index contributed by atoms with van der Waals surface area (Å²) in [4.78, 5) is 27.3. The van der Waals surface area contributed by atoms with Crippen molar-refractivity contribution in [3.8, 4) is 17.2 Å². The summed E-state index contributed by atoms with van der Waals surface area (Å²) in [6.45, 7) is 1.59. The van der Waals surface area contributed by atoms with Gasteiger partial charge >= 0.3 is 5.97 Å². The lowest BCUT2D eigenvalue weighted by Crippen LogP contribution is -2.13. The number of benzene rings is 2. The Labute approximate surface area is 184 Å². The van der Waals surface area contributed by atoms with Gasteiger partial charge in [0.2, 0.25) is 5.91 Å². The van der Waals surface area contributed by atoms with Crippen LogP contribution in [-0.2, 0) is 14.3 Å². The zero-order chi connectivity index (χ0) is 22.9. The van der Waals surface area contributed by atoms with Gasteiger partial charge in [0.1, 0.15) is 11.5 Å². The molecule has 0 saturated carbocycles. The third kappa shape index (κ3) is 6.40. The Hall–Kier alpha value is -4.20. The lowest BCUT2D eigenvalue weighted by atomic mass is 10.1. The number of nitrogens with one attached hydrogen (secondary N) is 1. The van der Waals surface area contributed by atoms with Crippen LogP contribution in [0.2, 0.25) is 0 Å². The molecule has 0 saturated heterocycles. The largest absolute Gasteiger partial charge is 0.482 e. The molecule has 1 amide bonds. The van der Waals surface area contributed by atoms with Gasteiger partial charge < -0.3 is 19.5 Å². The van der Waals surface area contributed by atoms with Crippen molar-refractivity contribution in [3.05, 3.63) is 83.9 Å². The Morgan fingerprint density at radius 3 is 2.66 bits per heavy atom. The maximum absolute atomic E-state index is 14.3. The Balaban J connectivity index is 1.59. The van der Waals surface area contributed by atoms with Gasteiger partial charge in [-0.15, -0.1) is 0 Å². The molecular weight excluding hydrogens is 415 g/mol. The smallest absolute Gasteiger partial charge is 0.343 e. The summed E-state index contributed by atoms with van der Waals surface area (Å²) in [6.07, 6.45) is 5.88. The summed E-state index contributed by atoms with van der Waals surface area (Å²) >= 11 is 0. The summed E-state index contributed by atoms with van der Waals surface area (Å²) in [6, 6.07) is 12.7. The average molecular weight is 436 g/mol. The number of pyridine rings is 1. The average Bonchev–Trinajstić information content (AvgIpc) is 2.80. The van der Waals surface area contributed by atoms with Crippen LogP contribution >= 0.6 is 0 Å². The highest BCUT2D eigenvalue weighted by atomic mass is 19.1. The number of aromatic nitrogens is 1. The summed E-state index contributed by atoms with van der Waals surface area (Å²) in [5, 5.41) is 2.74. The molecule has 0 aliphatic rings. The molecule has 0 atom stereocenters. The number of methoxy groups -OCH3 is 1. The van der Waals surface area contributed by atoms with Crippen LogP contribution in [0.3, 0.4) is 0 Å². The Morgan fingerprint density at radius 2 is 1.97 bits per heavy atom. The fourth-order valence-corrected chi connectivity index (χ4v) is 2.65. The van der Waals surface area contributed by atoms with Gasteiger partial charge in [0.25, 0.3) is 0 Å². The van der Waals surface area contributed by atoms with E-state index in [1.54, 1.807) is 49.5 Å². The molecule has 8 heteroatoms. The summed E-state index contributed by atoms with van der Waals surface area (Å²) in [5.74, 6) is -0.470. The van der Waals surface area contributed by atoms with Crippen LogP contribution in [0.25, 0.3) is 6.08 Å². The fourth-order valence-electron chi connectivity index (χ4n) is 2.65. The molecular formula is C24H21FN2O5. The number of carbonyl (C=O) groups excluding carboxylic acids is 2. The van der Waals surface area contributed by atoms with Crippen molar-refractivity contribution >= 4 is 23.6 Å². The molecule has 1 N–H and O–H groups in total. The van der Waals surface area contributed by atoms with Crippen molar-refractivity contribution < 1.29 is 28.2 Å². The lowest BCUT2D eigenvalue weighted by molar-refractivity contribution is -0.142. The Morgan fingerprint density at radius 1 is 1.12 bits per heavy atom. The predicted molar refractivity (Wildman–Crippen MR) is 117 cm³/mol. The Bertz CT molecular complexity index is 1130. The number of aryl methyl sites for hydroxylation is 1. The number of amides is 1. The van der Waals surface area contributed by atoms with E-state index in [1.807, 2.05) is 0 Å². The zero-order valence-electron chi connectivity index (χ0n) is 17.5. The van der Waals surface area contributed by atoms with E-state index in [9.17, 15) is 14.0 Å². The number of anilines is 1. The van der Waals surface area contributed by atoms with Gasteiger partial charge in [0.15, 0.2) is 18.2 Å². The molecule has 0 spiro atoms. The number of ether oxygens (including phenoxy) is 3. The molecule has 2 aromatic carbocycles. The van der Waals surface area contributed by atoms with Crippen LogP contribution in [-0.4, -0.2) is 30.6 Å². The normalized spacial score (nSPS) is 10.6. The van der Waals surface area contributed by atoms with Crippen molar-refractivity contribution in [3.63, 3.8) is 0 Å². The topological polar surface area (TPSA) is 86.8 Å². The molecule has 7 nitrogen and oxygen atoms in total. The quantitative estimate of drug-likeness (QED) is 0.413. The van der Waals surface area contributed by atoms with E-state index in [1.165, 1.54) is 37.6 Å². The van der Waals surface area contributed by atoms with E-state index in [-0.39, 0.29) is 18.3 Å². The van der Waals surface area contributed by atoms with E-state index in [2.05, 4.69) is 15.0 Å². The van der Waals surface area contributed by atoms with E-state index < -0.39 is 11.8 Å². The van der Waals surface area contributed by atoms with Crippen LogP contribution in [0.4, 0.5) is 10.1 Å². The number of rotatable bonds is 8. The van der Waals surface area contributed by atoms with Crippen molar-refractivity contribution in [2.75, 3.05) is 19.0 Å². The molecule has 1 aromatic heterocycles. The highest BCUT2D eigenvalue weighted by Gasteiger charge is 2.08. The second-order valence-corrected chi connectivity index (χ2v) is 6.64. The summed E-state index contributed by atoms with van der Waals surface area (Å²) in [7, 11) is 1.28. The second-order valence-electron chi connectivity index (χ2n) is 6.64. The predicted octanol–water partition coefficient (Wildman–Crippen LogP) is 4.53. The third-order valence-corrected chi connectivity index (χ3v) is 4.29. The molecule has 1 heterocycles. The first kappa shape index (κ1) is 22.5. The fraction of sp³-hybridized carbons (Fsp3) is 0.125. The van der Waals surface area contributed by atoms with Crippen LogP contribution in [0.1, 0.15) is 11.1 Å². The number of hydrogen-bond donors (Lipinski definition) is 1. The molecule has 0 radical (unpaired) electrons. The Kier molecular flexibility index (Phi) is 7.53. The zero-order valence-corrected chi connectivity index (χ0v) is 17.5. The number of nitrogens with zero attached hydrogens (tertiary/aromatic N) is 1. The van der Waals surface area contributed by atoms with Crippen molar-refractivity contribution in [2.45, 2.75) is 6.92 Å². The van der Waals surface area contributed by atoms with Crippen LogP contribution in [0.5, 0.6) is 17.2 Å². The van der Waals surface area contributed by atoms with E-state index >= 15 is 0 Å². The maximum Gasteiger partial charge on any atom is 0.343 e. The lowest BCUT2D eigenvalue weighted by Gasteiger charge is -2.10.